The molecule has 2 aromatic rings. The van der Waals surface area contributed by atoms with Crippen molar-refractivity contribution < 1.29 is 22.7 Å². The van der Waals surface area contributed by atoms with Gasteiger partial charge in [0.2, 0.25) is 5.91 Å². The number of hydrogen-bond acceptors (Lipinski definition) is 4. The monoisotopic (exact) mass is 420 g/mol. The fraction of sp³-hybridized carbons (Fsp3) is 0.333. The van der Waals surface area contributed by atoms with Crippen LogP contribution in [0.3, 0.4) is 0 Å². The highest BCUT2D eigenvalue weighted by Gasteiger charge is 2.50. The van der Waals surface area contributed by atoms with Crippen molar-refractivity contribution in [3.8, 4) is 0 Å². The number of carbonyl (C=O) groups is 1. The first-order valence-corrected chi connectivity index (χ1v) is 9.34. The van der Waals surface area contributed by atoms with Gasteiger partial charge in [-0.1, -0.05) is 30.3 Å². The van der Waals surface area contributed by atoms with E-state index in [0.29, 0.717) is 6.61 Å². The highest BCUT2D eigenvalue weighted by molar-refractivity contribution is 7.78. The molecule has 1 aliphatic heterocycles. The van der Waals surface area contributed by atoms with Crippen molar-refractivity contribution in [3.05, 3.63) is 59.2 Å². The number of fused-ring (bicyclic) bond motifs is 1. The van der Waals surface area contributed by atoms with E-state index in [2.05, 4.69) is 22.4 Å². The second-order valence-corrected chi connectivity index (χ2v) is 7.39. The van der Waals surface area contributed by atoms with Crippen LogP contribution in [0.4, 0.5) is 24.5 Å². The third-order valence-electron chi connectivity index (χ3n) is 4.85. The lowest BCUT2D eigenvalue weighted by Gasteiger charge is -2.21. The highest BCUT2D eigenvalue weighted by Crippen LogP contribution is 2.49. The molecule has 3 rings (SSSR count). The molecule has 0 aliphatic carbocycles. The van der Waals surface area contributed by atoms with E-state index in [9.17, 15) is 18.0 Å². The number of thiocarbonyl (C=S) groups is 1. The van der Waals surface area contributed by atoms with Crippen LogP contribution in [-0.4, -0.2) is 24.2 Å². The smallest absolute Gasteiger partial charge is 0.375 e. The molecule has 2 aromatic carbocycles. The van der Waals surface area contributed by atoms with Gasteiger partial charge in [0.05, 0.1) is 40.7 Å². The number of isothiocyanates is 1. The van der Waals surface area contributed by atoms with Crippen molar-refractivity contribution in [1.82, 2.24) is 0 Å². The van der Waals surface area contributed by atoms with E-state index in [-0.39, 0.29) is 30.1 Å². The third-order valence-corrected chi connectivity index (χ3v) is 4.94. The number of anilines is 1. The lowest BCUT2D eigenvalue weighted by atomic mass is 9.82. The summed E-state index contributed by atoms with van der Waals surface area (Å²) in [5, 5.41) is 2.08. The van der Waals surface area contributed by atoms with Crippen LogP contribution in [0.15, 0.2) is 47.5 Å². The average molecular weight is 420 g/mol. The summed E-state index contributed by atoms with van der Waals surface area (Å²) in [7, 11) is 0. The Hall–Kier alpha value is -2.54. The first-order valence-electron chi connectivity index (χ1n) is 8.93. The van der Waals surface area contributed by atoms with E-state index in [4.69, 9.17) is 4.74 Å². The fourth-order valence-electron chi connectivity index (χ4n) is 3.52. The molecule has 0 spiro atoms. The maximum absolute atomic E-state index is 13.7. The number of ether oxygens (including phenoxy) is 1. The van der Waals surface area contributed by atoms with Crippen molar-refractivity contribution in [1.29, 1.82) is 0 Å². The molecule has 0 bridgehead atoms. The second kappa shape index (κ2) is 8.06. The molecular formula is C21H19F3N2O2S. The number of carbonyl (C=O) groups excluding carboxylic acids is 1. The minimum Gasteiger partial charge on any atom is -0.375 e. The molecule has 0 radical (unpaired) electrons. The molecule has 0 saturated carbocycles. The summed E-state index contributed by atoms with van der Waals surface area (Å²) >= 11 is 4.53. The summed E-state index contributed by atoms with van der Waals surface area (Å²) in [6.45, 7) is 3.65. The number of aliphatic imine (C=N–C) groups is 1. The fourth-order valence-corrected chi connectivity index (χ4v) is 3.62. The predicted molar refractivity (Wildman–Crippen MR) is 108 cm³/mol. The van der Waals surface area contributed by atoms with Gasteiger partial charge in [0.25, 0.3) is 0 Å². The topological polar surface area (TPSA) is 41.9 Å². The summed E-state index contributed by atoms with van der Waals surface area (Å²) in [5.41, 5.74) is -1.10. The molecule has 0 N–H and O–H groups in total. The first-order chi connectivity index (χ1) is 13.7. The van der Waals surface area contributed by atoms with Crippen molar-refractivity contribution in [2.75, 3.05) is 18.1 Å². The van der Waals surface area contributed by atoms with E-state index < -0.39 is 23.1 Å². The van der Waals surface area contributed by atoms with Gasteiger partial charge in [-0.05, 0) is 43.8 Å². The zero-order chi connectivity index (χ0) is 21.2. The summed E-state index contributed by atoms with van der Waals surface area (Å²) in [4.78, 5) is 18.0. The van der Waals surface area contributed by atoms with Gasteiger partial charge in [0.15, 0.2) is 0 Å². The Morgan fingerprint density at radius 3 is 2.52 bits per heavy atom. The Kier molecular flexibility index (Phi) is 5.89. The Morgan fingerprint density at radius 1 is 1.21 bits per heavy atom. The Balaban J connectivity index is 1.90. The minimum atomic E-state index is -4.63. The van der Waals surface area contributed by atoms with Gasteiger partial charge in [0, 0.05) is 12.1 Å². The second-order valence-electron chi connectivity index (χ2n) is 7.21. The molecule has 152 valence electrons. The highest BCUT2D eigenvalue weighted by atomic mass is 32.1. The lowest BCUT2D eigenvalue weighted by molar-refractivity contribution is -0.138. The van der Waals surface area contributed by atoms with E-state index in [0.717, 1.165) is 11.6 Å². The summed E-state index contributed by atoms with van der Waals surface area (Å²) in [6.07, 6.45) is -4.63. The van der Waals surface area contributed by atoms with E-state index in [1.54, 1.807) is 0 Å². The largest absolute Gasteiger partial charge is 0.416 e. The van der Waals surface area contributed by atoms with Gasteiger partial charge in [-0.15, -0.1) is 0 Å². The van der Waals surface area contributed by atoms with Crippen molar-refractivity contribution in [2.24, 2.45) is 4.99 Å². The minimum absolute atomic E-state index is 0.00628. The van der Waals surface area contributed by atoms with Crippen molar-refractivity contribution in [3.63, 3.8) is 0 Å². The molecular weight excluding hydrogens is 401 g/mol. The number of amides is 1. The molecule has 29 heavy (non-hydrogen) atoms. The van der Waals surface area contributed by atoms with Crippen molar-refractivity contribution >= 4 is 34.7 Å². The molecule has 0 atom stereocenters. The van der Waals surface area contributed by atoms with Crippen LogP contribution >= 0.6 is 12.2 Å². The van der Waals surface area contributed by atoms with Crippen LogP contribution in [0.25, 0.3) is 0 Å². The Labute approximate surface area is 172 Å². The number of hydrogen-bond donors (Lipinski definition) is 0. The lowest BCUT2D eigenvalue weighted by Crippen LogP contribution is -2.38. The van der Waals surface area contributed by atoms with E-state index in [1.807, 2.05) is 30.3 Å². The molecule has 4 nitrogen and oxygen atoms in total. The normalized spacial score (nSPS) is 15.2. The van der Waals surface area contributed by atoms with Gasteiger partial charge in [0.1, 0.15) is 0 Å². The van der Waals surface area contributed by atoms with Gasteiger partial charge >= 0.3 is 6.18 Å². The van der Waals surface area contributed by atoms with Crippen LogP contribution < -0.4 is 4.90 Å². The van der Waals surface area contributed by atoms with Crippen LogP contribution in [-0.2, 0) is 27.7 Å². The van der Waals surface area contributed by atoms with E-state index in [1.165, 1.54) is 24.8 Å². The number of alkyl halides is 3. The van der Waals surface area contributed by atoms with E-state index >= 15 is 0 Å². The number of rotatable bonds is 6. The van der Waals surface area contributed by atoms with Crippen molar-refractivity contribution in [2.45, 2.75) is 32.0 Å². The molecule has 8 heteroatoms. The predicted octanol–water partition coefficient (Wildman–Crippen LogP) is 5.28. The van der Waals surface area contributed by atoms with Crippen LogP contribution in [0.2, 0.25) is 0 Å². The zero-order valence-electron chi connectivity index (χ0n) is 15.9. The number of nitrogens with zero attached hydrogens (tertiary/aromatic N) is 2. The van der Waals surface area contributed by atoms with Gasteiger partial charge in [-0.3, -0.25) is 4.79 Å². The quantitative estimate of drug-likeness (QED) is 0.363. The molecule has 0 unspecified atom stereocenters. The van der Waals surface area contributed by atoms with Gasteiger partial charge in [-0.25, -0.2) is 0 Å². The standard InChI is InChI=1S/C21H19F3N2O2S/c1-20(2)18-16(21(22,23)24)10-15(25-13-29)11-17(18)26(19(20)27)8-9-28-12-14-6-4-3-5-7-14/h3-7,10-11H,8-9,12H2,1-2H3. The molecule has 0 fully saturated rings. The number of halogens is 3. The molecule has 0 aromatic heterocycles. The van der Waals surface area contributed by atoms with Crippen LogP contribution in [0.5, 0.6) is 0 Å². The zero-order valence-corrected chi connectivity index (χ0v) is 16.7. The number of benzene rings is 2. The third kappa shape index (κ3) is 4.24. The average Bonchev–Trinajstić information content (AvgIpc) is 2.85. The Bertz CT molecular complexity index is 968. The maximum atomic E-state index is 13.7. The summed E-state index contributed by atoms with van der Waals surface area (Å²) < 4.78 is 46.8. The molecule has 1 amide bonds. The molecule has 1 heterocycles. The van der Waals surface area contributed by atoms with Gasteiger partial charge in [-0.2, -0.15) is 18.2 Å². The molecule has 1 aliphatic rings. The maximum Gasteiger partial charge on any atom is 0.416 e. The van der Waals surface area contributed by atoms with Crippen LogP contribution in [0, 0.1) is 0 Å². The van der Waals surface area contributed by atoms with Gasteiger partial charge < -0.3 is 9.64 Å². The van der Waals surface area contributed by atoms with Crippen LogP contribution in [0.1, 0.15) is 30.5 Å². The first kappa shape index (κ1) is 21.2. The summed E-state index contributed by atoms with van der Waals surface area (Å²) in [5.74, 6) is -0.412. The molecule has 0 saturated heterocycles. The SMILES string of the molecule is CC1(C)C(=O)N(CCOCc2ccccc2)c2cc(N=C=S)cc(C(F)(F)F)c21. The Morgan fingerprint density at radius 2 is 1.90 bits per heavy atom. The summed E-state index contributed by atoms with van der Waals surface area (Å²) in [6, 6.07) is 11.8.